The van der Waals surface area contributed by atoms with Crippen LogP contribution in [0.1, 0.15) is 26.3 Å². The van der Waals surface area contributed by atoms with Gasteiger partial charge in [-0.05, 0) is 29.8 Å². The number of aromatic carboxylic acids is 1. The van der Waals surface area contributed by atoms with Gasteiger partial charge in [-0.1, -0.05) is 12.1 Å². The summed E-state index contributed by atoms with van der Waals surface area (Å²) in [6, 6.07) is 10.9. The van der Waals surface area contributed by atoms with Crippen molar-refractivity contribution in [1.82, 2.24) is 5.43 Å². The molecule has 0 heterocycles. The first-order valence-corrected chi connectivity index (χ1v) is 6.93. The van der Waals surface area contributed by atoms with Crippen LogP contribution in [-0.2, 0) is 0 Å². The van der Waals surface area contributed by atoms with Crippen molar-refractivity contribution in [2.75, 3.05) is 14.2 Å². The van der Waals surface area contributed by atoms with Gasteiger partial charge in [0.2, 0.25) is 0 Å². The van der Waals surface area contributed by atoms with Gasteiger partial charge < -0.3 is 14.6 Å². The minimum atomic E-state index is -1.00. The van der Waals surface area contributed by atoms with Gasteiger partial charge in [0.1, 0.15) is 11.5 Å². The van der Waals surface area contributed by atoms with Crippen molar-refractivity contribution in [3.8, 4) is 11.5 Å². The van der Waals surface area contributed by atoms with Crippen LogP contribution in [0.3, 0.4) is 0 Å². The van der Waals surface area contributed by atoms with Gasteiger partial charge in [-0.25, -0.2) is 10.2 Å². The van der Waals surface area contributed by atoms with E-state index in [2.05, 4.69) is 10.5 Å². The molecule has 124 valence electrons. The van der Waals surface area contributed by atoms with E-state index in [0.29, 0.717) is 22.6 Å². The zero-order valence-corrected chi connectivity index (χ0v) is 13.1. The molecule has 0 aromatic heterocycles. The minimum absolute atomic E-state index is 0.180. The summed E-state index contributed by atoms with van der Waals surface area (Å²) >= 11 is 0. The number of benzene rings is 2. The van der Waals surface area contributed by atoms with E-state index >= 15 is 0 Å². The van der Waals surface area contributed by atoms with Gasteiger partial charge in [0, 0.05) is 11.6 Å². The minimum Gasteiger partial charge on any atom is -0.497 e. The Bertz CT molecular complexity index is 747. The summed E-state index contributed by atoms with van der Waals surface area (Å²) in [5, 5.41) is 12.7. The second kappa shape index (κ2) is 7.77. The molecule has 0 radical (unpaired) electrons. The quantitative estimate of drug-likeness (QED) is 0.625. The Balaban J connectivity index is 2.05. The van der Waals surface area contributed by atoms with E-state index in [4.69, 9.17) is 14.6 Å². The summed E-state index contributed by atoms with van der Waals surface area (Å²) in [6.07, 6.45) is 1.42. The standard InChI is InChI=1S/C17H16N2O5/c1-23-14-7-13(8-15(9-14)24-2)16(20)19-18-10-11-3-5-12(6-4-11)17(21)22/h3-10H,1-2H3,(H,19,20)(H,21,22)/b18-10-. The molecule has 0 bridgehead atoms. The number of hydrazone groups is 1. The number of ether oxygens (including phenoxy) is 2. The molecule has 0 aliphatic heterocycles. The molecule has 1 amide bonds. The molecular formula is C17H16N2O5. The number of nitrogens with one attached hydrogen (secondary N) is 1. The van der Waals surface area contributed by atoms with Crippen LogP contribution in [0, 0.1) is 0 Å². The highest BCUT2D eigenvalue weighted by Gasteiger charge is 2.09. The van der Waals surface area contributed by atoms with Crippen LogP contribution >= 0.6 is 0 Å². The van der Waals surface area contributed by atoms with Crippen LogP contribution in [-0.4, -0.2) is 37.4 Å². The molecule has 0 unspecified atom stereocenters. The number of hydrogen-bond acceptors (Lipinski definition) is 5. The fraction of sp³-hybridized carbons (Fsp3) is 0.118. The molecule has 0 aliphatic carbocycles. The molecule has 2 rings (SSSR count). The van der Waals surface area contributed by atoms with Gasteiger partial charge in [-0.2, -0.15) is 5.10 Å². The lowest BCUT2D eigenvalue weighted by Crippen LogP contribution is -2.17. The van der Waals surface area contributed by atoms with E-state index in [1.807, 2.05) is 0 Å². The Morgan fingerprint density at radius 1 is 1.00 bits per heavy atom. The predicted octanol–water partition coefficient (Wildman–Crippen LogP) is 2.17. The maximum absolute atomic E-state index is 12.1. The molecule has 0 atom stereocenters. The van der Waals surface area contributed by atoms with E-state index in [1.54, 1.807) is 30.3 Å². The number of carboxylic acids is 1. The van der Waals surface area contributed by atoms with Gasteiger partial charge >= 0.3 is 5.97 Å². The summed E-state index contributed by atoms with van der Waals surface area (Å²) in [7, 11) is 2.99. The van der Waals surface area contributed by atoms with Gasteiger partial charge in [-0.3, -0.25) is 4.79 Å². The third-order valence-electron chi connectivity index (χ3n) is 3.15. The molecule has 0 fully saturated rings. The van der Waals surface area contributed by atoms with Crippen LogP contribution in [0.4, 0.5) is 0 Å². The van der Waals surface area contributed by atoms with Crippen molar-refractivity contribution in [3.05, 3.63) is 59.2 Å². The summed E-state index contributed by atoms with van der Waals surface area (Å²) in [6.45, 7) is 0. The number of rotatable bonds is 6. The number of carbonyl (C=O) groups is 2. The first-order chi connectivity index (χ1) is 11.5. The van der Waals surface area contributed by atoms with Crippen molar-refractivity contribution >= 4 is 18.1 Å². The summed E-state index contributed by atoms with van der Waals surface area (Å²) in [4.78, 5) is 22.9. The van der Waals surface area contributed by atoms with E-state index in [-0.39, 0.29) is 5.56 Å². The fourth-order valence-corrected chi connectivity index (χ4v) is 1.88. The Hall–Kier alpha value is -3.35. The van der Waals surface area contributed by atoms with Crippen LogP contribution in [0.5, 0.6) is 11.5 Å². The second-order valence-corrected chi connectivity index (χ2v) is 4.73. The largest absolute Gasteiger partial charge is 0.497 e. The lowest BCUT2D eigenvalue weighted by molar-refractivity contribution is 0.0696. The average Bonchev–Trinajstić information content (AvgIpc) is 2.61. The molecular weight excluding hydrogens is 312 g/mol. The number of amides is 1. The number of carboxylic acid groups (broad SMARTS) is 1. The van der Waals surface area contributed by atoms with Crippen molar-refractivity contribution < 1.29 is 24.2 Å². The van der Waals surface area contributed by atoms with Gasteiger partial charge in [0.25, 0.3) is 5.91 Å². The molecule has 2 N–H and O–H groups in total. The zero-order valence-electron chi connectivity index (χ0n) is 13.1. The molecule has 0 saturated heterocycles. The number of hydrogen-bond donors (Lipinski definition) is 2. The third kappa shape index (κ3) is 4.33. The van der Waals surface area contributed by atoms with Crippen molar-refractivity contribution in [2.24, 2.45) is 5.10 Å². The van der Waals surface area contributed by atoms with Gasteiger partial charge in [0.05, 0.1) is 26.0 Å². The highest BCUT2D eigenvalue weighted by atomic mass is 16.5. The van der Waals surface area contributed by atoms with Gasteiger partial charge in [0.15, 0.2) is 0 Å². The number of methoxy groups -OCH3 is 2. The molecule has 0 aliphatic rings. The first-order valence-electron chi connectivity index (χ1n) is 6.93. The highest BCUT2D eigenvalue weighted by Crippen LogP contribution is 2.22. The summed E-state index contributed by atoms with van der Waals surface area (Å²) < 4.78 is 10.2. The maximum atomic E-state index is 12.1. The van der Waals surface area contributed by atoms with Crippen molar-refractivity contribution in [3.63, 3.8) is 0 Å². The highest BCUT2D eigenvalue weighted by molar-refractivity contribution is 5.95. The van der Waals surface area contributed by atoms with Crippen LogP contribution in [0.15, 0.2) is 47.6 Å². The lowest BCUT2D eigenvalue weighted by atomic mass is 10.1. The SMILES string of the molecule is COc1cc(OC)cc(C(=O)N/N=C\c2ccc(C(=O)O)cc2)c1. The zero-order chi connectivity index (χ0) is 17.5. The fourth-order valence-electron chi connectivity index (χ4n) is 1.88. The predicted molar refractivity (Wildman–Crippen MR) is 88.0 cm³/mol. The summed E-state index contributed by atoms with van der Waals surface area (Å²) in [5.74, 6) is -0.440. The van der Waals surface area contributed by atoms with Crippen molar-refractivity contribution in [1.29, 1.82) is 0 Å². The first kappa shape index (κ1) is 17.0. The van der Waals surface area contributed by atoms with Crippen molar-refractivity contribution in [2.45, 2.75) is 0 Å². The maximum Gasteiger partial charge on any atom is 0.335 e. The van der Waals surface area contributed by atoms with Crippen LogP contribution < -0.4 is 14.9 Å². The van der Waals surface area contributed by atoms with E-state index in [1.165, 1.54) is 32.6 Å². The molecule has 0 saturated carbocycles. The third-order valence-corrected chi connectivity index (χ3v) is 3.15. The topological polar surface area (TPSA) is 97.2 Å². The Morgan fingerprint density at radius 3 is 2.08 bits per heavy atom. The smallest absolute Gasteiger partial charge is 0.335 e. The summed E-state index contributed by atoms with van der Waals surface area (Å²) in [5.41, 5.74) is 3.56. The molecule has 0 spiro atoms. The number of carbonyl (C=O) groups excluding carboxylic acids is 1. The molecule has 7 heteroatoms. The number of nitrogens with zero attached hydrogens (tertiary/aromatic N) is 1. The van der Waals surface area contributed by atoms with E-state index < -0.39 is 11.9 Å². The Labute approximate surface area is 138 Å². The van der Waals surface area contributed by atoms with E-state index in [9.17, 15) is 9.59 Å². The molecule has 2 aromatic carbocycles. The Morgan fingerprint density at radius 2 is 1.58 bits per heavy atom. The van der Waals surface area contributed by atoms with E-state index in [0.717, 1.165) is 0 Å². The van der Waals surface area contributed by atoms with Crippen LogP contribution in [0.25, 0.3) is 0 Å². The Kier molecular flexibility index (Phi) is 5.51. The second-order valence-electron chi connectivity index (χ2n) is 4.73. The normalized spacial score (nSPS) is 10.4. The average molecular weight is 328 g/mol. The molecule has 2 aromatic rings. The van der Waals surface area contributed by atoms with Crippen LogP contribution in [0.2, 0.25) is 0 Å². The van der Waals surface area contributed by atoms with Gasteiger partial charge in [-0.15, -0.1) is 0 Å². The molecule has 7 nitrogen and oxygen atoms in total. The molecule has 24 heavy (non-hydrogen) atoms. The lowest BCUT2D eigenvalue weighted by Gasteiger charge is -2.07. The monoisotopic (exact) mass is 328 g/mol.